The molecule has 3 aromatic rings. The van der Waals surface area contributed by atoms with Crippen molar-refractivity contribution in [3.8, 4) is 17.3 Å². The highest BCUT2D eigenvalue weighted by molar-refractivity contribution is 5.94. The number of aryl methyl sites for hydroxylation is 1. The van der Waals surface area contributed by atoms with Crippen LogP contribution in [0, 0.1) is 0 Å². The van der Waals surface area contributed by atoms with Crippen molar-refractivity contribution in [3.63, 3.8) is 0 Å². The van der Waals surface area contributed by atoms with Gasteiger partial charge in [-0.25, -0.2) is 9.97 Å². The molecule has 0 fully saturated rings. The third-order valence-corrected chi connectivity index (χ3v) is 4.90. The molecule has 0 spiro atoms. The van der Waals surface area contributed by atoms with Crippen LogP contribution in [0.25, 0.3) is 11.5 Å². The number of nitrogens with one attached hydrogen (secondary N) is 1. The molecule has 1 aromatic carbocycles. The molecular formula is C21H18F3N3O3. The maximum absolute atomic E-state index is 12.9. The highest BCUT2D eigenvalue weighted by Crippen LogP contribution is 2.34. The zero-order valence-corrected chi connectivity index (χ0v) is 16.0. The monoisotopic (exact) mass is 417 g/mol. The van der Waals surface area contributed by atoms with Gasteiger partial charge in [0.25, 0.3) is 5.91 Å². The van der Waals surface area contributed by atoms with E-state index >= 15 is 0 Å². The van der Waals surface area contributed by atoms with E-state index in [4.69, 9.17) is 9.15 Å². The minimum absolute atomic E-state index is 0.0597. The molecule has 0 unspecified atom stereocenters. The molecule has 6 nitrogen and oxygen atoms in total. The Morgan fingerprint density at radius 2 is 2.10 bits per heavy atom. The number of ether oxygens (including phenoxy) is 1. The number of hydrogen-bond donors (Lipinski definition) is 1. The van der Waals surface area contributed by atoms with E-state index in [0.29, 0.717) is 35.9 Å². The molecule has 0 radical (unpaired) electrons. The molecule has 0 saturated heterocycles. The molecule has 2 aromatic heterocycles. The second-order valence-corrected chi connectivity index (χ2v) is 6.91. The van der Waals surface area contributed by atoms with E-state index in [2.05, 4.69) is 15.3 Å². The number of benzene rings is 1. The van der Waals surface area contributed by atoms with Crippen molar-refractivity contribution < 1.29 is 27.1 Å². The van der Waals surface area contributed by atoms with Gasteiger partial charge in [-0.3, -0.25) is 4.79 Å². The Morgan fingerprint density at radius 1 is 1.27 bits per heavy atom. The molecule has 1 atom stereocenters. The predicted molar refractivity (Wildman–Crippen MR) is 101 cm³/mol. The fourth-order valence-corrected chi connectivity index (χ4v) is 3.41. The highest BCUT2D eigenvalue weighted by atomic mass is 19.4. The maximum Gasteiger partial charge on any atom is 0.416 e. The molecule has 1 amide bonds. The molecule has 156 valence electrons. The highest BCUT2D eigenvalue weighted by Gasteiger charge is 2.32. The molecule has 1 aliphatic rings. The van der Waals surface area contributed by atoms with Gasteiger partial charge in [0.05, 0.1) is 24.4 Å². The van der Waals surface area contributed by atoms with Crippen molar-refractivity contribution in [1.82, 2.24) is 15.3 Å². The predicted octanol–water partition coefficient (Wildman–Crippen LogP) is 4.57. The fourth-order valence-electron chi connectivity index (χ4n) is 3.41. The molecule has 0 bridgehead atoms. The largest absolute Gasteiger partial charge is 0.481 e. The van der Waals surface area contributed by atoms with Gasteiger partial charge in [0.2, 0.25) is 11.8 Å². The first-order chi connectivity index (χ1) is 14.3. The van der Waals surface area contributed by atoms with Crippen LogP contribution < -0.4 is 10.1 Å². The molecule has 1 aliphatic carbocycles. The SMILES string of the molecule is COc1cc(-c2nc3c(o2)[C@@H](NC(=O)c2cccc(C(F)(F)F)c2)CCC3)ccn1. The Labute approximate surface area is 170 Å². The van der Waals surface area contributed by atoms with Gasteiger partial charge in [0.15, 0.2) is 0 Å². The number of rotatable bonds is 4. The zero-order valence-electron chi connectivity index (χ0n) is 16.0. The Kier molecular flexibility index (Phi) is 5.19. The molecule has 1 N–H and O–H groups in total. The molecular weight excluding hydrogens is 399 g/mol. The van der Waals surface area contributed by atoms with Crippen LogP contribution in [0.4, 0.5) is 13.2 Å². The number of hydrogen-bond acceptors (Lipinski definition) is 5. The number of carbonyl (C=O) groups excluding carboxylic acids is 1. The summed E-state index contributed by atoms with van der Waals surface area (Å²) in [5, 5.41) is 2.78. The van der Waals surface area contributed by atoms with Crippen LogP contribution in [-0.4, -0.2) is 23.0 Å². The summed E-state index contributed by atoms with van der Waals surface area (Å²) in [6, 6.07) is 7.29. The zero-order chi connectivity index (χ0) is 21.3. The van der Waals surface area contributed by atoms with Crippen LogP contribution in [0.5, 0.6) is 5.88 Å². The van der Waals surface area contributed by atoms with Gasteiger partial charge in [-0.15, -0.1) is 0 Å². The normalized spacial score (nSPS) is 16.1. The van der Waals surface area contributed by atoms with E-state index in [1.54, 1.807) is 18.3 Å². The van der Waals surface area contributed by atoms with Crippen molar-refractivity contribution in [2.75, 3.05) is 7.11 Å². The van der Waals surface area contributed by atoms with Crippen molar-refractivity contribution in [3.05, 3.63) is 65.2 Å². The van der Waals surface area contributed by atoms with Crippen LogP contribution in [0.3, 0.4) is 0 Å². The lowest BCUT2D eigenvalue weighted by atomic mass is 9.96. The van der Waals surface area contributed by atoms with Crippen LogP contribution in [0.1, 0.15) is 46.3 Å². The molecule has 9 heteroatoms. The first-order valence-corrected chi connectivity index (χ1v) is 9.33. The Bertz CT molecular complexity index is 1080. The van der Waals surface area contributed by atoms with Crippen LogP contribution >= 0.6 is 0 Å². The van der Waals surface area contributed by atoms with E-state index in [9.17, 15) is 18.0 Å². The van der Waals surface area contributed by atoms with Gasteiger partial charge in [0, 0.05) is 23.4 Å². The number of alkyl halides is 3. The summed E-state index contributed by atoms with van der Waals surface area (Å²) in [6.45, 7) is 0. The summed E-state index contributed by atoms with van der Waals surface area (Å²) in [7, 11) is 1.51. The number of pyridine rings is 1. The van der Waals surface area contributed by atoms with Crippen LogP contribution in [0.2, 0.25) is 0 Å². The van der Waals surface area contributed by atoms with E-state index in [-0.39, 0.29) is 5.56 Å². The number of methoxy groups -OCH3 is 1. The van der Waals surface area contributed by atoms with Crippen LogP contribution in [0.15, 0.2) is 47.0 Å². The van der Waals surface area contributed by atoms with E-state index < -0.39 is 23.7 Å². The third kappa shape index (κ3) is 4.00. The van der Waals surface area contributed by atoms with E-state index in [0.717, 1.165) is 24.2 Å². The first-order valence-electron chi connectivity index (χ1n) is 9.33. The van der Waals surface area contributed by atoms with Crippen molar-refractivity contribution in [2.24, 2.45) is 0 Å². The minimum atomic E-state index is -4.51. The Balaban J connectivity index is 1.58. The molecule has 4 rings (SSSR count). The molecule has 2 heterocycles. The Hall–Kier alpha value is -3.36. The maximum atomic E-state index is 12.9. The fraction of sp³-hybridized carbons (Fsp3) is 0.286. The number of carbonyl (C=O) groups is 1. The van der Waals surface area contributed by atoms with Crippen LogP contribution in [-0.2, 0) is 12.6 Å². The number of nitrogens with zero attached hydrogens (tertiary/aromatic N) is 2. The van der Waals surface area contributed by atoms with Gasteiger partial charge in [0.1, 0.15) is 5.76 Å². The first kappa shape index (κ1) is 19.9. The smallest absolute Gasteiger partial charge is 0.416 e. The quantitative estimate of drug-likeness (QED) is 0.673. The van der Waals surface area contributed by atoms with E-state index in [1.807, 2.05) is 0 Å². The van der Waals surface area contributed by atoms with Gasteiger partial charge in [-0.05, 0) is 43.5 Å². The van der Waals surface area contributed by atoms with Gasteiger partial charge in [-0.2, -0.15) is 13.2 Å². The van der Waals surface area contributed by atoms with Gasteiger partial charge >= 0.3 is 6.18 Å². The lowest BCUT2D eigenvalue weighted by Crippen LogP contribution is -2.30. The summed E-state index contributed by atoms with van der Waals surface area (Å²) < 4.78 is 49.9. The number of halogens is 3. The molecule has 0 aliphatic heterocycles. The van der Waals surface area contributed by atoms with Crippen molar-refractivity contribution in [1.29, 1.82) is 0 Å². The standard InChI is InChI=1S/C21H18F3N3O3/c1-29-17-11-13(8-9-25-17)20-27-16-7-3-6-15(18(16)30-20)26-19(28)12-4-2-5-14(10-12)21(22,23)24/h2,4-5,8-11,15H,3,6-7H2,1H3,(H,26,28)/t15-/m0/s1. The summed E-state index contributed by atoms with van der Waals surface area (Å²) >= 11 is 0. The molecule has 30 heavy (non-hydrogen) atoms. The van der Waals surface area contributed by atoms with Gasteiger partial charge in [-0.1, -0.05) is 6.07 Å². The summed E-state index contributed by atoms with van der Waals surface area (Å²) in [6.07, 6.45) is -0.876. The number of amides is 1. The number of aromatic nitrogens is 2. The summed E-state index contributed by atoms with van der Waals surface area (Å²) in [5.74, 6) is 0.717. The van der Waals surface area contributed by atoms with Crippen molar-refractivity contribution in [2.45, 2.75) is 31.5 Å². The van der Waals surface area contributed by atoms with Gasteiger partial charge < -0.3 is 14.5 Å². The summed E-state index contributed by atoms with van der Waals surface area (Å²) in [4.78, 5) is 21.2. The topological polar surface area (TPSA) is 77.3 Å². The Morgan fingerprint density at radius 3 is 2.87 bits per heavy atom. The number of fused-ring (bicyclic) bond motifs is 1. The van der Waals surface area contributed by atoms with Crippen molar-refractivity contribution >= 4 is 5.91 Å². The second kappa shape index (κ2) is 7.81. The third-order valence-electron chi connectivity index (χ3n) is 4.90. The molecule has 0 saturated carbocycles. The van der Waals surface area contributed by atoms with E-state index in [1.165, 1.54) is 19.2 Å². The number of oxazole rings is 1. The lowest BCUT2D eigenvalue weighted by Gasteiger charge is -2.21. The summed E-state index contributed by atoms with van der Waals surface area (Å²) in [5.41, 5.74) is 0.476. The second-order valence-electron chi connectivity index (χ2n) is 6.91. The minimum Gasteiger partial charge on any atom is -0.481 e. The average molecular weight is 417 g/mol. The lowest BCUT2D eigenvalue weighted by molar-refractivity contribution is -0.137. The average Bonchev–Trinajstić information content (AvgIpc) is 3.19.